The lowest BCUT2D eigenvalue weighted by Crippen LogP contribution is -2.60. The minimum Gasteiger partial charge on any atom is -0.496 e. The second kappa shape index (κ2) is 7.14. The van der Waals surface area contributed by atoms with Crippen molar-refractivity contribution in [3.05, 3.63) is 54.0 Å². The van der Waals surface area contributed by atoms with E-state index in [0.29, 0.717) is 28.1 Å². The van der Waals surface area contributed by atoms with E-state index in [0.717, 1.165) is 15.2 Å². The molecule has 0 aliphatic carbocycles. The zero-order chi connectivity index (χ0) is 21.7. The van der Waals surface area contributed by atoms with E-state index in [1.165, 1.54) is 25.1 Å². The standard InChI is InChI=1S/C21H16N6O3S/c1-26-18-12(9-24-26)8-23-10-14(18)27-20(28)19-13(25-21(27)29)6-16(31-19)17-11(7-22)4-3-5-15(17)30-2/h3-6,8-10,13,19H,1-2H3,(H,25,29). The van der Waals surface area contributed by atoms with Crippen LogP contribution in [0.5, 0.6) is 5.75 Å². The van der Waals surface area contributed by atoms with E-state index in [1.54, 1.807) is 42.3 Å². The van der Waals surface area contributed by atoms with Gasteiger partial charge in [0.15, 0.2) is 0 Å². The molecule has 3 aromatic rings. The molecule has 2 unspecified atom stereocenters. The number of methoxy groups -OCH3 is 1. The van der Waals surface area contributed by atoms with Crippen molar-refractivity contribution in [2.24, 2.45) is 7.05 Å². The van der Waals surface area contributed by atoms with Gasteiger partial charge in [0.1, 0.15) is 11.0 Å². The predicted molar refractivity (Wildman–Crippen MR) is 115 cm³/mol. The molecule has 2 atom stereocenters. The third-order valence-electron chi connectivity index (χ3n) is 5.34. The summed E-state index contributed by atoms with van der Waals surface area (Å²) in [6, 6.07) is 6.35. The molecule has 1 N–H and O–H groups in total. The normalized spacial score (nSPS) is 20.3. The Balaban J connectivity index is 1.54. The molecule has 2 aliphatic rings. The highest BCUT2D eigenvalue weighted by Gasteiger charge is 2.46. The van der Waals surface area contributed by atoms with Crippen LogP contribution in [-0.4, -0.2) is 45.1 Å². The molecule has 31 heavy (non-hydrogen) atoms. The number of anilines is 1. The summed E-state index contributed by atoms with van der Waals surface area (Å²) in [4.78, 5) is 32.4. The SMILES string of the molecule is COc1cccc(C#N)c1C1=CC2NC(=O)N(c3cncc4cnn(C)c34)C(=O)C2S1. The number of nitriles is 1. The Morgan fingerprint density at radius 2 is 2.10 bits per heavy atom. The van der Waals surface area contributed by atoms with E-state index in [1.807, 2.05) is 6.08 Å². The Bertz CT molecular complexity index is 1320. The van der Waals surface area contributed by atoms with E-state index >= 15 is 0 Å². The first-order valence-corrected chi connectivity index (χ1v) is 10.3. The van der Waals surface area contributed by atoms with Crippen LogP contribution in [0.15, 0.2) is 42.9 Å². The van der Waals surface area contributed by atoms with Crippen LogP contribution in [0.25, 0.3) is 15.8 Å². The molecule has 154 valence electrons. The quantitative estimate of drug-likeness (QED) is 0.676. The van der Waals surface area contributed by atoms with Crippen LogP contribution in [-0.2, 0) is 11.8 Å². The van der Waals surface area contributed by atoms with Gasteiger partial charge in [-0.3, -0.25) is 14.5 Å². The molecule has 1 saturated heterocycles. The van der Waals surface area contributed by atoms with E-state index in [4.69, 9.17) is 4.74 Å². The highest BCUT2D eigenvalue weighted by Crippen LogP contribution is 2.46. The van der Waals surface area contributed by atoms with Crippen molar-refractivity contribution < 1.29 is 14.3 Å². The molecule has 0 spiro atoms. The number of nitrogens with one attached hydrogen (secondary N) is 1. The fourth-order valence-electron chi connectivity index (χ4n) is 3.95. The molecule has 5 rings (SSSR count). The third-order valence-corrected chi connectivity index (χ3v) is 6.69. The molecule has 10 heteroatoms. The van der Waals surface area contributed by atoms with Crippen LogP contribution in [0.1, 0.15) is 11.1 Å². The Morgan fingerprint density at radius 3 is 2.87 bits per heavy atom. The molecular weight excluding hydrogens is 416 g/mol. The maximum Gasteiger partial charge on any atom is 0.329 e. The van der Waals surface area contributed by atoms with E-state index in [2.05, 4.69) is 21.5 Å². The molecule has 0 radical (unpaired) electrons. The Morgan fingerprint density at radius 1 is 1.26 bits per heavy atom. The van der Waals surface area contributed by atoms with Crippen molar-refractivity contribution in [3.63, 3.8) is 0 Å². The van der Waals surface area contributed by atoms with Crippen LogP contribution in [0, 0.1) is 11.3 Å². The first-order valence-electron chi connectivity index (χ1n) is 9.39. The molecular formula is C21H16N6O3S. The number of hydrogen-bond acceptors (Lipinski definition) is 7. The number of carbonyl (C=O) groups excluding carboxylic acids is 2. The number of fused-ring (bicyclic) bond motifs is 2. The number of carbonyl (C=O) groups is 2. The van der Waals surface area contributed by atoms with Gasteiger partial charge in [-0.15, -0.1) is 11.8 Å². The fraction of sp³-hybridized carbons (Fsp3) is 0.190. The molecule has 4 heterocycles. The number of nitrogens with zero attached hydrogens (tertiary/aromatic N) is 5. The van der Waals surface area contributed by atoms with Crippen molar-refractivity contribution in [1.29, 1.82) is 5.26 Å². The zero-order valence-electron chi connectivity index (χ0n) is 16.6. The lowest BCUT2D eigenvalue weighted by atomic mass is 10.0. The smallest absolute Gasteiger partial charge is 0.329 e. The Kier molecular flexibility index (Phi) is 4.41. The van der Waals surface area contributed by atoms with Gasteiger partial charge in [0, 0.05) is 29.1 Å². The third kappa shape index (κ3) is 2.85. The summed E-state index contributed by atoms with van der Waals surface area (Å²) in [7, 11) is 3.28. The molecule has 2 aliphatic heterocycles. The van der Waals surface area contributed by atoms with Gasteiger partial charge in [0.25, 0.3) is 5.91 Å². The first kappa shape index (κ1) is 19.1. The maximum atomic E-state index is 13.4. The van der Waals surface area contributed by atoms with Gasteiger partial charge in [0.05, 0.1) is 48.4 Å². The van der Waals surface area contributed by atoms with Crippen LogP contribution in [0.4, 0.5) is 10.5 Å². The molecule has 0 saturated carbocycles. The summed E-state index contributed by atoms with van der Waals surface area (Å²) in [5, 5.41) is 16.8. The van der Waals surface area contributed by atoms with Gasteiger partial charge in [-0.05, 0) is 18.2 Å². The second-order valence-electron chi connectivity index (χ2n) is 7.08. The number of urea groups is 1. The van der Waals surface area contributed by atoms with Crippen molar-refractivity contribution in [2.75, 3.05) is 12.0 Å². The summed E-state index contributed by atoms with van der Waals surface area (Å²) in [6.07, 6.45) is 6.57. The summed E-state index contributed by atoms with van der Waals surface area (Å²) >= 11 is 1.31. The van der Waals surface area contributed by atoms with Crippen LogP contribution in [0.3, 0.4) is 0 Å². The average Bonchev–Trinajstić information content (AvgIpc) is 3.37. The number of aryl methyl sites for hydroxylation is 1. The van der Waals surface area contributed by atoms with Gasteiger partial charge in [0.2, 0.25) is 0 Å². The maximum absolute atomic E-state index is 13.4. The van der Waals surface area contributed by atoms with Crippen molar-refractivity contribution in [1.82, 2.24) is 20.1 Å². The van der Waals surface area contributed by atoms with Crippen molar-refractivity contribution in [3.8, 4) is 11.8 Å². The number of pyridine rings is 1. The highest BCUT2D eigenvalue weighted by molar-refractivity contribution is 8.09. The average molecular weight is 432 g/mol. The summed E-state index contributed by atoms with van der Waals surface area (Å²) < 4.78 is 7.05. The molecule has 0 bridgehead atoms. The number of amides is 3. The van der Waals surface area contributed by atoms with Gasteiger partial charge >= 0.3 is 6.03 Å². The summed E-state index contributed by atoms with van der Waals surface area (Å²) in [6.45, 7) is 0. The number of aromatic nitrogens is 3. The lowest BCUT2D eigenvalue weighted by Gasteiger charge is -2.33. The van der Waals surface area contributed by atoms with Crippen molar-refractivity contribution >= 4 is 45.2 Å². The topological polar surface area (TPSA) is 113 Å². The van der Waals surface area contributed by atoms with E-state index in [-0.39, 0.29) is 5.91 Å². The molecule has 1 fully saturated rings. The summed E-state index contributed by atoms with van der Waals surface area (Å²) in [5.41, 5.74) is 2.08. The number of benzene rings is 1. The Labute approximate surface area is 181 Å². The fourth-order valence-corrected chi connectivity index (χ4v) is 5.28. The highest BCUT2D eigenvalue weighted by atomic mass is 32.2. The van der Waals surface area contributed by atoms with Gasteiger partial charge in [-0.2, -0.15) is 10.4 Å². The van der Waals surface area contributed by atoms with E-state index < -0.39 is 17.3 Å². The lowest BCUT2D eigenvalue weighted by molar-refractivity contribution is -0.118. The van der Waals surface area contributed by atoms with Crippen molar-refractivity contribution in [2.45, 2.75) is 11.3 Å². The van der Waals surface area contributed by atoms with Gasteiger partial charge < -0.3 is 10.1 Å². The molecule has 1 aromatic carbocycles. The number of imide groups is 1. The molecule has 3 amide bonds. The number of ether oxygens (including phenoxy) is 1. The minimum absolute atomic E-state index is 0.353. The summed E-state index contributed by atoms with van der Waals surface area (Å²) in [5.74, 6) is 0.185. The first-order chi connectivity index (χ1) is 15.0. The number of thioether (sulfide) groups is 1. The zero-order valence-corrected chi connectivity index (χ0v) is 17.4. The van der Waals surface area contributed by atoms with Gasteiger partial charge in [-0.25, -0.2) is 9.69 Å². The largest absolute Gasteiger partial charge is 0.496 e. The number of hydrogen-bond donors (Lipinski definition) is 1. The van der Waals surface area contributed by atoms with Crippen LogP contribution < -0.4 is 15.0 Å². The monoisotopic (exact) mass is 432 g/mol. The number of rotatable bonds is 3. The minimum atomic E-state index is -0.576. The van der Waals surface area contributed by atoms with Gasteiger partial charge in [-0.1, -0.05) is 6.07 Å². The Hall–Kier alpha value is -3.84. The van der Waals surface area contributed by atoms with Crippen LogP contribution >= 0.6 is 11.8 Å². The van der Waals surface area contributed by atoms with E-state index in [9.17, 15) is 14.9 Å². The molecule has 2 aromatic heterocycles. The predicted octanol–water partition coefficient (Wildman–Crippen LogP) is 2.43. The molecule has 9 nitrogen and oxygen atoms in total. The second-order valence-corrected chi connectivity index (χ2v) is 8.26. The van der Waals surface area contributed by atoms with Crippen LogP contribution in [0.2, 0.25) is 0 Å².